The van der Waals surface area contributed by atoms with Gasteiger partial charge in [0.2, 0.25) is 0 Å². The SMILES string of the molecule is CCC1CCCCN1C(=O)c1ccc(N(CC)Cc2ccccc2)cn1. The predicted octanol–water partition coefficient (Wildman–Crippen LogP) is 4.51. The van der Waals surface area contributed by atoms with E-state index in [0.717, 1.165) is 44.6 Å². The van der Waals surface area contributed by atoms with Gasteiger partial charge in [-0.1, -0.05) is 37.3 Å². The van der Waals surface area contributed by atoms with Gasteiger partial charge < -0.3 is 9.80 Å². The third-order valence-electron chi connectivity index (χ3n) is 5.29. The minimum absolute atomic E-state index is 0.0780. The molecule has 1 aromatic carbocycles. The van der Waals surface area contributed by atoms with E-state index in [4.69, 9.17) is 0 Å². The average molecular weight is 351 g/mol. The molecule has 1 unspecified atom stereocenters. The summed E-state index contributed by atoms with van der Waals surface area (Å²) in [5, 5.41) is 0. The van der Waals surface area contributed by atoms with Crippen LogP contribution in [0.3, 0.4) is 0 Å². The standard InChI is InChI=1S/C22H29N3O/c1-3-19-12-8-9-15-25(19)22(26)21-14-13-20(16-23-21)24(4-2)17-18-10-6-5-7-11-18/h5-7,10-11,13-14,16,19H,3-4,8-9,12,15,17H2,1-2H3. The third kappa shape index (κ3) is 4.24. The second kappa shape index (κ2) is 8.84. The molecule has 1 fully saturated rings. The lowest BCUT2D eigenvalue weighted by Gasteiger charge is -2.35. The Kier molecular flexibility index (Phi) is 6.26. The van der Waals surface area contributed by atoms with Crippen molar-refractivity contribution in [2.45, 2.75) is 52.1 Å². The van der Waals surface area contributed by atoms with Crippen molar-refractivity contribution in [1.29, 1.82) is 0 Å². The summed E-state index contributed by atoms with van der Waals surface area (Å²) in [4.78, 5) is 21.7. The highest BCUT2D eigenvalue weighted by Crippen LogP contribution is 2.22. The van der Waals surface area contributed by atoms with Gasteiger partial charge in [0.05, 0.1) is 11.9 Å². The minimum Gasteiger partial charge on any atom is -0.366 e. The molecule has 1 saturated heterocycles. The Balaban J connectivity index is 1.71. The number of rotatable bonds is 6. The molecule has 0 N–H and O–H groups in total. The molecule has 3 rings (SSSR count). The van der Waals surface area contributed by atoms with Crippen LogP contribution in [0.15, 0.2) is 48.7 Å². The van der Waals surface area contributed by atoms with Crippen molar-refractivity contribution in [3.63, 3.8) is 0 Å². The summed E-state index contributed by atoms with van der Waals surface area (Å²) in [5.74, 6) is 0.0780. The van der Waals surface area contributed by atoms with E-state index in [2.05, 4.69) is 48.0 Å². The summed E-state index contributed by atoms with van der Waals surface area (Å²) < 4.78 is 0. The van der Waals surface area contributed by atoms with Crippen molar-refractivity contribution in [3.8, 4) is 0 Å². The van der Waals surface area contributed by atoms with Crippen molar-refractivity contribution >= 4 is 11.6 Å². The molecular formula is C22H29N3O. The molecule has 138 valence electrons. The Morgan fingerprint density at radius 3 is 2.62 bits per heavy atom. The molecule has 1 aliphatic rings. The van der Waals surface area contributed by atoms with E-state index in [-0.39, 0.29) is 5.91 Å². The van der Waals surface area contributed by atoms with Crippen LogP contribution < -0.4 is 4.90 Å². The van der Waals surface area contributed by atoms with Crippen LogP contribution in [-0.2, 0) is 6.54 Å². The van der Waals surface area contributed by atoms with E-state index < -0.39 is 0 Å². The Hall–Kier alpha value is -2.36. The lowest BCUT2D eigenvalue weighted by molar-refractivity contribution is 0.0602. The molecule has 1 aliphatic heterocycles. The summed E-state index contributed by atoms with van der Waals surface area (Å²) in [5.41, 5.74) is 2.89. The number of amides is 1. The molecule has 4 heteroatoms. The van der Waals surface area contributed by atoms with Crippen LogP contribution in [0.4, 0.5) is 5.69 Å². The van der Waals surface area contributed by atoms with E-state index in [1.54, 1.807) is 0 Å². The molecule has 0 saturated carbocycles. The van der Waals surface area contributed by atoms with Gasteiger partial charge in [-0.3, -0.25) is 4.79 Å². The number of carbonyl (C=O) groups excluding carboxylic acids is 1. The quantitative estimate of drug-likeness (QED) is 0.768. The molecule has 1 atom stereocenters. The van der Waals surface area contributed by atoms with E-state index in [0.29, 0.717) is 11.7 Å². The Morgan fingerprint density at radius 2 is 1.96 bits per heavy atom. The molecular weight excluding hydrogens is 322 g/mol. The maximum Gasteiger partial charge on any atom is 0.272 e. The van der Waals surface area contributed by atoms with Crippen LogP contribution in [0.1, 0.15) is 55.6 Å². The number of pyridine rings is 1. The highest BCUT2D eigenvalue weighted by atomic mass is 16.2. The molecule has 0 spiro atoms. The fourth-order valence-electron chi connectivity index (χ4n) is 3.73. The number of hydrogen-bond acceptors (Lipinski definition) is 3. The van der Waals surface area contributed by atoms with Crippen molar-refractivity contribution in [1.82, 2.24) is 9.88 Å². The summed E-state index contributed by atoms with van der Waals surface area (Å²) >= 11 is 0. The maximum atomic E-state index is 12.9. The Labute approximate surface area is 156 Å². The molecule has 0 aliphatic carbocycles. The Bertz CT molecular complexity index is 699. The van der Waals surface area contributed by atoms with Crippen LogP contribution in [0.5, 0.6) is 0 Å². The van der Waals surface area contributed by atoms with Crippen molar-refractivity contribution in [2.75, 3.05) is 18.0 Å². The van der Waals surface area contributed by atoms with Crippen molar-refractivity contribution < 1.29 is 4.79 Å². The largest absolute Gasteiger partial charge is 0.366 e. The first-order chi connectivity index (χ1) is 12.7. The van der Waals surface area contributed by atoms with Gasteiger partial charge in [-0.05, 0) is 50.3 Å². The third-order valence-corrected chi connectivity index (χ3v) is 5.29. The second-order valence-electron chi connectivity index (χ2n) is 6.96. The maximum absolute atomic E-state index is 12.9. The number of benzene rings is 1. The predicted molar refractivity (Wildman–Crippen MR) is 106 cm³/mol. The molecule has 26 heavy (non-hydrogen) atoms. The second-order valence-corrected chi connectivity index (χ2v) is 6.96. The van der Waals surface area contributed by atoms with Crippen LogP contribution in [-0.4, -0.2) is 34.9 Å². The number of likely N-dealkylation sites (tertiary alicyclic amines) is 1. The number of piperidine rings is 1. The van der Waals surface area contributed by atoms with Gasteiger partial charge >= 0.3 is 0 Å². The topological polar surface area (TPSA) is 36.4 Å². The molecule has 1 aromatic heterocycles. The highest BCUT2D eigenvalue weighted by molar-refractivity contribution is 5.92. The first kappa shape index (κ1) is 18.4. The van der Waals surface area contributed by atoms with Crippen LogP contribution >= 0.6 is 0 Å². The molecule has 2 heterocycles. The van der Waals surface area contributed by atoms with E-state index in [1.165, 1.54) is 12.0 Å². The fraction of sp³-hybridized carbons (Fsp3) is 0.455. The summed E-state index contributed by atoms with van der Waals surface area (Å²) in [6, 6.07) is 14.7. The van der Waals surface area contributed by atoms with E-state index in [1.807, 2.05) is 29.3 Å². The average Bonchev–Trinajstić information content (AvgIpc) is 2.72. The molecule has 2 aromatic rings. The smallest absolute Gasteiger partial charge is 0.272 e. The number of aromatic nitrogens is 1. The normalized spacial score (nSPS) is 17.2. The summed E-state index contributed by atoms with van der Waals surface area (Å²) in [6.45, 7) is 6.90. The lowest BCUT2D eigenvalue weighted by atomic mass is 9.99. The first-order valence-electron chi connectivity index (χ1n) is 9.78. The van der Waals surface area contributed by atoms with Gasteiger partial charge in [0.1, 0.15) is 5.69 Å². The van der Waals surface area contributed by atoms with Gasteiger partial charge in [0.15, 0.2) is 0 Å². The minimum atomic E-state index is 0.0780. The summed E-state index contributed by atoms with van der Waals surface area (Å²) in [6.07, 6.45) is 6.29. The van der Waals surface area contributed by atoms with Gasteiger partial charge in [0, 0.05) is 25.7 Å². The molecule has 4 nitrogen and oxygen atoms in total. The number of nitrogens with zero attached hydrogens (tertiary/aromatic N) is 3. The monoisotopic (exact) mass is 351 g/mol. The first-order valence-corrected chi connectivity index (χ1v) is 9.78. The number of anilines is 1. The Morgan fingerprint density at radius 1 is 1.15 bits per heavy atom. The van der Waals surface area contributed by atoms with E-state index >= 15 is 0 Å². The van der Waals surface area contributed by atoms with Crippen molar-refractivity contribution in [2.24, 2.45) is 0 Å². The zero-order valence-electron chi connectivity index (χ0n) is 15.9. The van der Waals surface area contributed by atoms with Crippen LogP contribution in [0.25, 0.3) is 0 Å². The zero-order valence-corrected chi connectivity index (χ0v) is 15.9. The van der Waals surface area contributed by atoms with Gasteiger partial charge in [-0.25, -0.2) is 4.98 Å². The van der Waals surface area contributed by atoms with Gasteiger partial charge in [0.25, 0.3) is 5.91 Å². The highest BCUT2D eigenvalue weighted by Gasteiger charge is 2.26. The van der Waals surface area contributed by atoms with Gasteiger partial charge in [-0.15, -0.1) is 0 Å². The lowest BCUT2D eigenvalue weighted by Crippen LogP contribution is -2.43. The van der Waals surface area contributed by atoms with Crippen LogP contribution in [0, 0.1) is 0 Å². The molecule has 0 radical (unpaired) electrons. The fourth-order valence-corrected chi connectivity index (χ4v) is 3.73. The zero-order chi connectivity index (χ0) is 18.4. The van der Waals surface area contributed by atoms with Gasteiger partial charge in [-0.2, -0.15) is 0 Å². The van der Waals surface area contributed by atoms with Crippen LogP contribution in [0.2, 0.25) is 0 Å². The number of hydrogen-bond donors (Lipinski definition) is 0. The molecule has 1 amide bonds. The van der Waals surface area contributed by atoms with E-state index in [9.17, 15) is 4.79 Å². The summed E-state index contributed by atoms with van der Waals surface area (Å²) in [7, 11) is 0. The molecule has 0 bridgehead atoms. The number of carbonyl (C=O) groups is 1. The van der Waals surface area contributed by atoms with Crippen molar-refractivity contribution in [3.05, 3.63) is 59.9 Å².